The zero-order valence-electron chi connectivity index (χ0n) is 9.16. The van der Waals surface area contributed by atoms with Crippen molar-refractivity contribution >= 4 is 17.5 Å². The lowest BCUT2D eigenvalue weighted by Crippen LogP contribution is -2.30. The van der Waals surface area contributed by atoms with E-state index in [0.717, 1.165) is 13.0 Å². The van der Waals surface area contributed by atoms with Gasteiger partial charge in [-0.2, -0.15) is 0 Å². The van der Waals surface area contributed by atoms with Gasteiger partial charge in [0.2, 0.25) is 0 Å². The van der Waals surface area contributed by atoms with Gasteiger partial charge in [0.15, 0.2) is 0 Å². The molecule has 1 heterocycles. The minimum Gasteiger partial charge on any atom is -0.350 e. The maximum Gasteiger partial charge on any atom is 0.271 e. The fraction of sp³-hybridized carbons (Fsp3) is 0.545. The van der Waals surface area contributed by atoms with Crippen molar-refractivity contribution in [1.82, 2.24) is 15.3 Å². The fourth-order valence-electron chi connectivity index (χ4n) is 1.64. The van der Waals surface area contributed by atoms with Crippen LogP contribution in [0.3, 0.4) is 0 Å². The molecule has 16 heavy (non-hydrogen) atoms. The number of aromatic nitrogens is 2. The topological polar surface area (TPSA) is 54.9 Å². The molecule has 0 unspecified atom stereocenters. The molecule has 0 bridgehead atoms. The van der Waals surface area contributed by atoms with Crippen molar-refractivity contribution < 1.29 is 4.79 Å². The highest BCUT2D eigenvalue weighted by Crippen LogP contribution is 2.47. The largest absolute Gasteiger partial charge is 0.350 e. The highest BCUT2D eigenvalue weighted by atomic mass is 35.5. The van der Waals surface area contributed by atoms with Gasteiger partial charge in [-0.25, -0.2) is 4.98 Å². The van der Waals surface area contributed by atoms with Crippen LogP contribution in [0.2, 0.25) is 5.15 Å². The molecule has 0 saturated heterocycles. The normalized spacial score (nSPS) is 16.9. The standard InChI is InChI=1S/C11H14ClN3O/c1-2-11(3-4-11)7-14-10(16)8-5-13-6-9(12)15-8/h5-6H,2-4,7H2,1H3,(H,14,16). The second-order valence-corrected chi connectivity index (χ2v) is 4.65. The molecule has 1 aromatic rings. The fourth-order valence-corrected chi connectivity index (χ4v) is 1.79. The molecule has 0 atom stereocenters. The van der Waals surface area contributed by atoms with Gasteiger partial charge in [-0.15, -0.1) is 0 Å². The van der Waals surface area contributed by atoms with E-state index < -0.39 is 0 Å². The molecule has 2 rings (SSSR count). The van der Waals surface area contributed by atoms with E-state index >= 15 is 0 Å². The summed E-state index contributed by atoms with van der Waals surface area (Å²) in [5.41, 5.74) is 0.612. The van der Waals surface area contributed by atoms with E-state index in [1.807, 2.05) is 0 Å². The van der Waals surface area contributed by atoms with Crippen LogP contribution in [0.25, 0.3) is 0 Å². The molecule has 1 aliphatic rings. The first-order valence-corrected chi connectivity index (χ1v) is 5.79. The first kappa shape index (κ1) is 11.3. The Morgan fingerprint density at radius 1 is 1.56 bits per heavy atom. The third-order valence-corrected chi connectivity index (χ3v) is 3.35. The van der Waals surface area contributed by atoms with Gasteiger partial charge in [-0.3, -0.25) is 9.78 Å². The van der Waals surface area contributed by atoms with Crippen molar-refractivity contribution in [2.75, 3.05) is 6.54 Å². The van der Waals surface area contributed by atoms with Crippen LogP contribution < -0.4 is 5.32 Å². The van der Waals surface area contributed by atoms with Gasteiger partial charge in [-0.1, -0.05) is 18.5 Å². The number of halogens is 1. The van der Waals surface area contributed by atoms with Crippen LogP contribution in [-0.4, -0.2) is 22.4 Å². The Kier molecular flexibility index (Phi) is 3.10. The van der Waals surface area contributed by atoms with Crippen molar-refractivity contribution in [2.24, 2.45) is 5.41 Å². The van der Waals surface area contributed by atoms with Crippen molar-refractivity contribution in [1.29, 1.82) is 0 Å². The van der Waals surface area contributed by atoms with Crippen molar-refractivity contribution in [3.05, 3.63) is 23.2 Å². The summed E-state index contributed by atoms with van der Waals surface area (Å²) in [5, 5.41) is 3.12. The van der Waals surface area contributed by atoms with Gasteiger partial charge < -0.3 is 5.32 Å². The molecule has 1 aromatic heterocycles. The Bertz CT molecular complexity index is 404. The molecule has 1 aliphatic carbocycles. The third-order valence-electron chi connectivity index (χ3n) is 3.17. The molecule has 5 heteroatoms. The zero-order valence-corrected chi connectivity index (χ0v) is 9.92. The van der Waals surface area contributed by atoms with Gasteiger partial charge in [-0.05, 0) is 24.7 Å². The van der Waals surface area contributed by atoms with E-state index in [1.54, 1.807) is 0 Å². The molecular formula is C11H14ClN3O. The van der Waals surface area contributed by atoms with Gasteiger partial charge >= 0.3 is 0 Å². The average molecular weight is 240 g/mol. The molecule has 1 saturated carbocycles. The van der Waals surface area contributed by atoms with Gasteiger partial charge in [0.25, 0.3) is 5.91 Å². The number of nitrogens with one attached hydrogen (secondary N) is 1. The summed E-state index contributed by atoms with van der Waals surface area (Å²) >= 11 is 5.67. The number of carbonyl (C=O) groups is 1. The molecule has 0 aromatic carbocycles. The first-order chi connectivity index (χ1) is 7.65. The van der Waals surface area contributed by atoms with Crippen LogP contribution in [0, 0.1) is 5.41 Å². The van der Waals surface area contributed by atoms with Crippen molar-refractivity contribution in [3.8, 4) is 0 Å². The maximum atomic E-state index is 11.7. The number of amides is 1. The number of hydrogen-bond acceptors (Lipinski definition) is 3. The monoisotopic (exact) mass is 239 g/mol. The SMILES string of the molecule is CCC1(CNC(=O)c2cncc(Cl)n2)CC1. The highest BCUT2D eigenvalue weighted by Gasteiger charge is 2.40. The Hall–Kier alpha value is -1.16. The van der Waals surface area contributed by atoms with Crippen LogP contribution in [0.5, 0.6) is 0 Å². The summed E-state index contributed by atoms with van der Waals surface area (Å²) in [7, 11) is 0. The Morgan fingerprint density at radius 3 is 2.88 bits per heavy atom. The molecule has 4 nitrogen and oxygen atoms in total. The average Bonchev–Trinajstić information content (AvgIpc) is 3.07. The third kappa shape index (κ3) is 2.50. The van der Waals surface area contributed by atoms with E-state index in [1.165, 1.54) is 25.2 Å². The van der Waals surface area contributed by atoms with E-state index in [4.69, 9.17) is 11.6 Å². The zero-order chi connectivity index (χ0) is 11.6. The number of hydrogen-bond donors (Lipinski definition) is 1. The van der Waals surface area contributed by atoms with Gasteiger partial charge in [0.1, 0.15) is 10.8 Å². The number of carbonyl (C=O) groups excluding carboxylic acids is 1. The molecule has 0 spiro atoms. The first-order valence-electron chi connectivity index (χ1n) is 5.41. The van der Waals surface area contributed by atoms with E-state index in [2.05, 4.69) is 22.2 Å². The molecule has 1 amide bonds. The predicted molar refractivity (Wildman–Crippen MR) is 61.3 cm³/mol. The summed E-state index contributed by atoms with van der Waals surface area (Å²) in [6, 6.07) is 0. The summed E-state index contributed by atoms with van der Waals surface area (Å²) < 4.78 is 0. The molecule has 86 valence electrons. The van der Waals surface area contributed by atoms with E-state index in [0.29, 0.717) is 5.41 Å². The lowest BCUT2D eigenvalue weighted by Gasteiger charge is -2.12. The molecule has 1 N–H and O–H groups in total. The van der Waals surface area contributed by atoms with Gasteiger partial charge in [0, 0.05) is 6.54 Å². The molecule has 0 radical (unpaired) electrons. The van der Waals surface area contributed by atoms with E-state index in [-0.39, 0.29) is 16.8 Å². The van der Waals surface area contributed by atoms with Gasteiger partial charge in [0.05, 0.1) is 12.4 Å². The lowest BCUT2D eigenvalue weighted by molar-refractivity contribution is 0.0939. The highest BCUT2D eigenvalue weighted by molar-refractivity contribution is 6.29. The van der Waals surface area contributed by atoms with Crippen molar-refractivity contribution in [3.63, 3.8) is 0 Å². The predicted octanol–water partition coefficient (Wildman–Crippen LogP) is 2.05. The van der Waals surface area contributed by atoms with Crippen LogP contribution in [0.4, 0.5) is 0 Å². The number of rotatable bonds is 4. The second-order valence-electron chi connectivity index (χ2n) is 4.26. The summed E-state index contributed by atoms with van der Waals surface area (Å²) in [6.07, 6.45) is 6.34. The minimum absolute atomic E-state index is 0.199. The van der Waals surface area contributed by atoms with Crippen LogP contribution in [0.1, 0.15) is 36.7 Å². The maximum absolute atomic E-state index is 11.7. The summed E-state index contributed by atoms with van der Waals surface area (Å²) in [5.74, 6) is -0.199. The second kappa shape index (κ2) is 4.37. The lowest BCUT2D eigenvalue weighted by atomic mass is 10.0. The Morgan fingerprint density at radius 2 is 2.31 bits per heavy atom. The molecular weight excluding hydrogens is 226 g/mol. The summed E-state index contributed by atoms with van der Waals surface area (Å²) in [6.45, 7) is 2.87. The quantitative estimate of drug-likeness (QED) is 0.875. The number of nitrogens with zero attached hydrogens (tertiary/aromatic N) is 2. The minimum atomic E-state index is -0.199. The molecule has 0 aliphatic heterocycles. The Balaban J connectivity index is 1.93. The van der Waals surface area contributed by atoms with Crippen LogP contribution in [-0.2, 0) is 0 Å². The Labute approximate surface area is 99.4 Å². The molecule has 1 fully saturated rings. The van der Waals surface area contributed by atoms with Crippen LogP contribution in [0.15, 0.2) is 12.4 Å². The summed E-state index contributed by atoms with van der Waals surface area (Å²) in [4.78, 5) is 19.5. The van der Waals surface area contributed by atoms with Crippen LogP contribution >= 0.6 is 11.6 Å². The smallest absolute Gasteiger partial charge is 0.271 e. The van der Waals surface area contributed by atoms with E-state index in [9.17, 15) is 4.79 Å². The van der Waals surface area contributed by atoms with Crippen molar-refractivity contribution in [2.45, 2.75) is 26.2 Å².